The average Bonchev–Trinajstić information content (AvgIpc) is 3.14. The molecule has 1 N–H and O–H groups in total. The van der Waals surface area contributed by atoms with Gasteiger partial charge in [-0.2, -0.15) is 0 Å². The van der Waals surface area contributed by atoms with Crippen LogP contribution in [0, 0.1) is 17.8 Å². The fraction of sp³-hybridized carbons (Fsp3) is 0.640. The maximum Gasteiger partial charge on any atom is 0.351 e. The number of hydrogen-bond acceptors (Lipinski definition) is 7. The molecule has 7 heteroatoms. The second-order valence-electron chi connectivity index (χ2n) is 9.94. The minimum absolute atomic E-state index is 0.103. The minimum atomic E-state index is -1.66. The van der Waals surface area contributed by atoms with E-state index in [9.17, 15) is 19.5 Å². The topological polar surface area (TPSA) is 99.1 Å². The summed E-state index contributed by atoms with van der Waals surface area (Å²) in [7, 11) is 0. The molecular formula is C25H34O7. The molecule has 2 fully saturated rings. The van der Waals surface area contributed by atoms with Crippen LogP contribution < -0.4 is 0 Å². The molecule has 0 aromatic rings. The van der Waals surface area contributed by atoms with E-state index in [4.69, 9.17) is 14.2 Å². The normalized spacial score (nSPS) is 38.6. The summed E-state index contributed by atoms with van der Waals surface area (Å²) in [6, 6.07) is 0. The first-order valence-corrected chi connectivity index (χ1v) is 11.1. The molecule has 1 saturated heterocycles. The maximum atomic E-state index is 13.1. The molecule has 32 heavy (non-hydrogen) atoms. The summed E-state index contributed by atoms with van der Waals surface area (Å²) < 4.78 is 17.4. The Balaban J connectivity index is 2.10. The van der Waals surface area contributed by atoms with Crippen LogP contribution in [0.2, 0.25) is 0 Å². The first-order valence-electron chi connectivity index (χ1n) is 11.1. The SMILES string of the molecule is C/C=C(/C)C(=O)O[C@H]1C[C@](C)(O)[C@H]2CC=C(C)[C@H]2[C@@H]2OC(=O)[C@@](C)(OC(=O)C=C(C)C)[C@@H]21. The van der Waals surface area contributed by atoms with E-state index in [0.29, 0.717) is 12.0 Å². The molecule has 3 rings (SSSR count). The average molecular weight is 447 g/mol. The largest absolute Gasteiger partial charge is 0.458 e. The second kappa shape index (κ2) is 8.50. The van der Waals surface area contributed by atoms with Crippen LogP contribution >= 0.6 is 0 Å². The van der Waals surface area contributed by atoms with Gasteiger partial charge in [-0.3, -0.25) is 0 Å². The zero-order chi connectivity index (χ0) is 24.0. The Bertz CT molecular complexity index is 905. The van der Waals surface area contributed by atoms with Crippen molar-refractivity contribution < 1.29 is 33.7 Å². The summed E-state index contributed by atoms with van der Waals surface area (Å²) in [5.41, 5.74) is -0.678. The van der Waals surface area contributed by atoms with Gasteiger partial charge in [0.1, 0.15) is 12.2 Å². The lowest BCUT2D eigenvalue weighted by Gasteiger charge is -2.35. The highest BCUT2D eigenvalue weighted by Crippen LogP contribution is 2.54. The minimum Gasteiger partial charge on any atom is -0.458 e. The molecule has 2 aliphatic carbocycles. The number of allylic oxidation sites excluding steroid dienone is 3. The first-order chi connectivity index (χ1) is 14.8. The van der Waals surface area contributed by atoms with E-state index in [0.717, 1.165) is 11.1 Å². The Kier molecular flexibility index (Phi) is 6.44. The van der Waals surface area contributed by atoms with Gasteiger partial charge in [0.05, 0.1) is 11.5 Å². The highest BCUT2D eigenvalue weighted by atomic mass is 16.6. The number of fused-ring (bicyclic) bond motifs is 3. The van der Waals surface area contributed by atoms with Crippen molar-refractivity contribution >= 4 is 17.9 Å². The quantitative estimate of drug-likeness (QED) is 0.306. The number of carbonyl (C=O) groups excluding carboxylic acids is 3. The molecule has 0 aromatic carbocycles. The Labute approximate surface area is 189 Å². The molecule has 1 heterocycles. The fourth-order valence-electron chi connectivity index (χ4n) is 5.40. The van der Waals surface area contributed by atoms with Crippen molar-refractivity contribution in [2.75, 3.05) is 0 Å². The first kappa shape index (κ1) is 24.2. The predicted octanol–water partition coefficient (Wildman–Crippen LogP) is 3.41. The zero-order valence-electron chi connectivity index (χ0n) is 19.9. The summed E-state index contributed by atoms with van der Waals surface area (Å²) in [5, 5.41) is 11.4. The van der Waals surface area contributed by atoms with E-state index in [1.165, 1.54) is 13.0 Å². The molecule has 0 bridgehead atoms. The molecule has 1 saturated carbocycles. The summed E-state index contributed by atoms with van der Waals surface area (Å²) in [5.74, 6) is -3.08. The van der Waals surface area contributed by atoms with E-state index < -0.39 is 47.2 Å². The molecule has 0 spiro atoms. The van der Waals surface area contributed by atoms with Gasteiger partial charge >= 0.3 is 17.9 Å². The summed E-state index contributed by atoms with van der Waals surface area (Å²) >= 11 is 0. The van der Waals surface area contributed by atoms with Crippen LogP contribution in [0.3, 0.4) is 0 Å². The molecular weight excluding hydrogens is 412 g/mol. The molecule has 176 valence electrons. The molecule has 0 unspecified atom stereocenters. The van der Waals surface area contributed by atoms with Gasteiger partial charge in [0.15, 0.2) is 0 Å². The van der Waals surface area contributed by atoms with Gasteiger partial charge in [-0.05, 0) is 54.9 Å². The third-order valence-corrected chi connectivity index (χ3v) is 7.19. The third-order valence-electron chi connectivity index (χ3n) is 7.19. The van der Waals surface area contributed by atoms with E-state index >= 15 is 0 Å². The van der Waals surface area contributed by atoms with Gasteiger partial charge in [0.25, 0.3) is 0 Å². The van der Waals surface area contributed by atoms with Crippen molar-refractivity contribution in [2.45, 2.75) is 84.7 Å². The van der Waals surface area contributed by atoms with Crippen molar-refractivity contribution in [3.63, 3.8) is 0 Å². The second-order valence-corrected chi connectivity index (χ2v) is 9.94. The standard InChI is InChI=1S/C25H34O7/c1-8-14(4)22(27)30-17-12-24(6,29)16-10-9-15(5)19(16)21-20(17)25(7,23(28)31-21)32-18(26)11-13(2)3/h8-9,11,16-17,19-21,29H,10,12H2,1-7H3/b14-8-/t16-,17-,19+,20+,21-,24-,25-/m0/s1. The van der Waals surface area contributed by atoms with Crippen LogP contribution in [-0.2, 0) is 28.6 Å². The summed E-state index contributed by atoms with van der Waals surface area (Å²) in [6.07, 6.45) is 4.17. The predicted molar refractivity (Wildman–Crippen MR) is 117 cm³/mol. The molecule has 7 nitrogen and oxygen atoms in total. The van der Waals surface area contributed by atoms with E-state index in [1.807, 2.05) is 6.92 Å². The monoisotopic (exact) mass is 446 g/mol. The van der Waals surface area contributed by atoms with Crippen LogP contribution in [0.5, 0.6) is 0 Å². The number of hydrogen-bond donors (Lipinski definition) is 1. The van der Waals surface area contributed by atoms with Crippen LogP contribution in [0.15, 0.2) is 34.9 Å². The highest BCUT2D eigenvalue weighted by molar-refractivity contribution is 5.90. The lowest BCUT2D eigenvalue weighted by atomic mass is 9.75. The molecule has 7 atom stereocenters. The van der Waals surface area contributed by atoms with Gasteiger partial charge < -0.3 is 19.3 Å². The Hall–Kier alpha value is -2.41. The Morgan fingerprint density at radius 1 is 1.25 bits per heavy atom. The number of esters is 3. The van der Waals surface area contributed by atoms with Crippen LogP contribution in [-0.4, -0.2) is 46.4 Å². The van der Waals surface area contributed by atoms with Crippen LogP contribution in [0.4, 0.5) is 0 Å². The summed E-state index contributed by atoms with van der Waals surface area (Å²) in [4.78, 5) is 38.4. The van der Waals surface area contributed by atoms with Crippen LogP contribution in [0.25, 0.3) is 0 Å². The Morgan fingerprint density at radius 2 is 1.91 bits per heavy atom. The zero-order valence-corrected chi connectivity index (χ0v) is 19.9. The lowest BCUT2D eigenvalue weighted by molar-refractivity contribution is -0.177. The molecule has 1 aliphatic heterocycles. The smallest absolute Gasteiger partial charge is 0.351 e. The maximum absolute atomic E-state index is 13.1. The van der Waals surface area contributed by atoms with Crippen molar-refractivity contribution in [3.8, 4) is 0 Å². The Morgan fingerprint density at radius 3 is 2.50 bits per heavy atom. The fourth-order valence-corrected chi connectivity index (χ4v) is 5.40. The molecule has 0 aromatic heterocycles. The van der Waals surface area contributed by atoms with E-state index in [-0.39, 0.29) is 18.3 Å². The molecule has 0 radical (unpaired) electrons. The van der Waals surface area contributed by atoms with Crippen molar-refractivity contribution in [3.05, 3.63) is 34.9 Å². The lowest BCUT2D eigenvalue weighted by Crippen LogP contribution is -2.50. The highest BCUT2D eigenvalue weighted by Gasteiger charge is 2.67. The number of rotatable bonds is 4. The van der Waals surface area contributed by atoms with E-state index in [1.54, 1.807) is 40.7 Å². The third kappa shape index (κ3) is 4.15. The van der Waals surface area contributed by atoms with Gasteiger partial charge in [-0.25, -0.2) is 14.4 Å². The van der Waals surface area contributed by atoms with Crippen molar-refractivity contribution in [1.29, 1.82) is 0 Å². The molecule has 0 amide bonds. The number of ether oxygens (including phenoxy) is 3. The van der Waals surface area contributed by atoms with Gasteiger partial charge in [0, 0.05) is 29.9 Å². The van der Waals surface area contributed by atoms with Crippen molar-refractivity contribution in [2.24, 2.45) is 17.8 Å². The number of aliphatic hydroxyl groups is 1. The number of carbonyl (C=O) groups is 3. The van der Waals surface area contributed by atoms with Gasteiger partial charge in [-0.1, -0.05) is 23.3 Å². The van der Waals surface area contributed by atoms with E-state index in [2.05, 4.69) is 6.08 Å². The van der Waals surface area contributed by atoms with Gasteiger partial charge in [0.2, 0.25) is 5.60 Å². The summed E-state index contributed by atoms with van der Waals surface area (Å²) in [6.45, 7) is 12.1. The molecule has 3 aliphatic rings. The van der Waals surface area contributed by atoms with Crippen molar-refractivity contribution in [1.82, 2.24) is 0 Å². The van der Waals surface area contributed by atoms with Crippen LogP contribution in [0.1, 0.15) is 61.3 Å². The van der Waals surface area contributed by atoms with Gasteiger partial charge in [-0.15, -0.1) is 0 Å².